The Morgan fingerprint density at radius 1 is 1.07 bits per heavy atom. The molecule has 2 aromatic carbocycles. The highest BCUT2D eigenvalue weighted by Gasteiger charge is 2.13. The first-order valence-electron chi connectivity index (χ1n) is 8.24. The standard InChI is InChI=1S/C19H15ClFN3O4S/c1-22-29(27,28)15-6-4-14(5-7-15)24-11-12(2-9-18(24)25)19(26)23-13-3-8-16(20)17(21)10-13/h2-11,22H,1H3,(H,23,26). The van der Waals surface area contributed by atoms with Gasteiger partial charge in [0, 0.05) is 23.6 Å². The second-order valence-electron chi connectivity index (χ2n) is 5.91. The van der Waals surface area contributed by atoms with Gasteiger partial charge in [-0.05, 0) is 55.6 Å². The van der Waals surface area contributed by atoms with Crippen molar-refractivity contribution in [2.45, 2.75) is 4.90 Å². The molecule has 3 rings (SSSR count). The highest BCUT2D eigenvalue weighted by Crippen LogP contribution is 2.19. The van der Waals surface area contributed by atoms with Crippen LogP contribution in [0.25, 0.3) is 5.69 Å². The quantitative estimate of drug-likeness (QED) is 0.644. The molecule has 1 heterocycles. The number of sulfonamides is 1. The van der Waals surface area contributed by atoms with Crippen molar-refractivity contribution in [3.05, 3.63) is 87.6 Å². The summed E-state index contributed by atoms with van der Waals surface area (Å²) in [4.78, 5) is 24.7. The number of amides is 1. The molecule has 1 amide bonds. The monoisotopic (exact) mass is 435 g/mol. The van der Waals surface area contributed by atoms with Crippen molar-refractivity contribution in [2.75, 3.05) is 12.4 Å². The molecule has 0 radical (unpaired) electrons. The van der Waals surface area contributed by atoms with E-state index in [1.165, 1.54) is 66.3 Å². The summed E-state index contributed by atoms with van der Waals surface area (Å²) in [5, 5.41) is 2.45. The first kappa shape index (κ1) is 20.7. The largest absolute Gasteiger partial charge is 0.322 e. The van der Waals surface area contributed by atoms with Crippen LogP contribution in [-0.2, 0) is 10.0 Å². The Labute approximate surface area is 170 Å². The van der Waals surface area contributed by atoms with Gasteiger partial charge in [-0.1, -0.05) is 11.6 Å². The Kier molecular flexibility index (Phi) is 5.83. The highest BCUT2D eigenvalue weighted by molar-refractivity contribution is 7.89. The lowest BCUT2D eigenvalue weighted by molar-refractivity contribution is 0.102. The maximum absolute atomic E-state index is 13.5. The molecule has 0 bridgehead atoms. The lowest BCUT2D eigenvalue weighted by Gasteiger charge is -2.10. The molecule has 150 valence electrons. The molecule has 0 aliphatic carbocycles. The van der Waals surface area contributed by atoms with Gasteiger partial charge in [0.15, 0.2) is 0 Å². The predicted octanol–water partition coefficient (Wildman–Crippen LogP) is 2.79. The third-order valence-electron chi connectivity index (χ3n) is 4.04. The Morgan fingerprint density at radius 3 is 2.38 bits per heavy atom. The summed E-state index contributed by atoms with van der Waals surface area (Å²) in [6.07, 6.45) is 1.31. The molecule has 2 N–H and O–H groups in total. The molecule has 0 unspecified atom stereocenters. The molecule has 0 saturated heterocycles. The number of halogens is 2. The summed E-state index contributed by atoms with van der Waals surface area (Å²) in [5.41, 5.74) is 0.309. The van der Waals surface area contributed by atoms with Crippen LogP contribution in [0.3, 0.4) is 0 Å². The average Bonchev–Trinajstić information content (AvgIpc) is 2.71. The van der Waals surface area contributed by atoms with E-state index in [-0.39, 0.29) is 21.2 Å². The van der Waals surface area contributed by atoms with Gasteiger partial charge in [0.25, 0.3) is 11.5 Å². The summed E-state index contributed by atoms with van der Waals surface area (Å²) in [5.74, 6) is -1.24. The van der Waals surface area contributed by atoms with Crippen LogP contribution in [0.2, 0.25) is 5.02 Å². The maximum Gasteiger partial charge on any atom is 0.257 e. The van der Waals surface area contributed by atoms with Gasteiger partial charge >= 0.3 is 0 Å². The van der Waals surface area contributed by atoms with Crippen LogP contribution < -0.4 is 15.6 Å². The van der Waals surface area contributed by atoms with Gasteiger partial charge in [-0.2, -0.15) is 0 Å². The van der Waals surface area contributed by atoms with Crippen LogP contribution >= 0.6 is 11.6 Å². The number of hydrogen-bond acceptors (Lipinski definition) is 4. The number of carbonyl (C=O) groups is 1. The van der Waals surface area contributed by atoms with Crippen LogP contribution in [0.15, 0.2) is 70.5 Å². The van der Waals surface area contributed by atoms with Gasteiger partial charge in [0.05, 0.1) is 15.5 Å². The van der Waals surface area contributed by atoms with E-state index < -0.39 is 27.3 Å². The predicted molar refractivity (Wildman–Crippen MR) is 108 cm³/mol. The van der Waals surface area contributed by atoms with E-state index >= 15 is 0 Å². The molecule has 10 heteroatoms. The van der Waals surface area contributed by atoms with Crippen LogP contribution in [0.1, 0.15) is 10.4 Å². The molecule has 0 aliphatic rings. The second kappa shape index (κ2) is 8.16. The molecule has 0 fully saturated rings. The zero-order chi connectivity index (χ0) is 21.2. The lowest BCUT2D eigenvalue weighted by Crippen LogP contribution is -2.21. The number of rotatable bonds is 5. The van der Waals surface area contributed by atoms with Gasteiger partial charge in [-0.15, -0.1) is 0 Å². The average molecular weight is 436 g/mol. The van der Waals surface area contributed by atoms with Crippen molar-refractivity contribution in [3.63, 3.8) is 0 Å². The van der Waals surface area contributed by atoms with Crippen molar-refractivity contribution >= 4 is 33.2 Å². The Hall–Kier alpha value is -3.01. The van der Waals surface area contributed by atoms with Crippen molar-refractivity contribution in [1.82, 2.24) is 9.29 Å². The number of carbonyl (C=O) groups excluding carboxylic acids is 1. The van der Waals surface area contributed by atoms with Gasteiger partial charge in [0.2, 0.25) is 10.0 Å². The van der Waals surface area contributed by atoms with Gasteiger partial charge in [-0.25, -0.2) is 17.5 Å². The minimum Gasteiger partial charge on any atom is -0.322 e. The number of nitrogens with one attached hydrogen (secondary N) is 2. The van der Waals surface area contributed by atoms with E-state index in [9.17, 15) is 22.4 Å². The second-order valence-corrected chi connectivity index (χ2v) is 8.20. The van der Waals surface area contributed by atoms with E-state index in [0.717, 1.165) is 6.07 Å². The number of aromatic nitrogens is 1. The third-order valence-corrected chi connectivity index (χ3v) is 5.78. The first-order valence-corrected chi connectivity index (χ1v) is 10.1. The minimum atomic E-state index is -3.61. The molecule has 3 aromatic rings. The van der Waals surface area contributed by atoms with Crippen molar-refractivity contribution < 1.29 is 17.6 Å². The van der Waals surface area contributed by atoms with E-state index in [2.05, 4.69) is 10.0 Å². The Bertz CT molecular complexity index is 1240. The van der Waals surface area contributed by atoms with E-state index in [4.69, 9.17) is 11.6 Å². The fourth-order valence-electron chi connectivity index (χ4n) is 2.50. The first-order chi connectivity index (χ1) is 13.7. The third kappa shape index (κ3) is 4.53. The summed E-state index contributed by atoms with van der Waals surface area (Å²) >= 11 is 5.62. The molecular formula is C19H15ClFN3O4S. The van der Waals surface area contributed by atoms with E-state index in [1.807, 2.05) is 0 Å². The van der Waals surface area contributed by atoms with Gasteiger partial charge in [0.1, 0.15) is 5.82 Å². The summed E-state index contributed by atoms with van der Waals surface area (Å²) in [6.45, 7) is 0. The fourth-order valence-corrected chi connectivity index (χ4v) is 3.35. The normalized spacial score (nSPS) is 11.3. The summed E-state index contributed by atoms with van der Waals surface area (Å²) < 4.78 is 40.6. The molecular weight excluding hydrogens is 421 g/mol. The zero-order valence-corrected chi connectivity index (χ0v) is 16.6. The zero-order valence-electron chi connectivity index (χ0n) is 15.0. The smallest absolute Gasteiger partial charge is 0.257 e. The SMILES string of the molecule is CNS(=O)(=O)c1ccc(-n2cc(C(=O)Nc3ccc(Cl)c(F)c3)ccc2=O)cc1. The molecule has 0 saturated carbocycles. The van der Waals surface area contributed by atoms with Crippen LogP contribution in [0, 0.1) is 5.82 Å². The van der Waals surface area contributed by atoms with Gasteiger partial charge in [-0.3, -0.25) is 14.2 Å². The minimum absolute atomic E-state index is 0.0375. The number of pyridine rings is 1. The van der Waals surface area contributed by atoms with E-state index in [1.54, 1.807) is 0 Å². The van der Waals surface area contributed by atoms with Gasteiger partial charge < -0.3 is 5.32 Å². The lowest BCUT2D eigenvalue weighted by atomic mass is 10.2. The van der Waals surface area contributed by atoms with Crippen molar-refractivity contribution in [2.24, 2.45) is 0 Å². The van der Waals surface area contributed by atoms with Crippen molar-refractivity contribution in [3.8, 4) is 5.69 Å². The molecule has 0 atom stereocenters. The number of hydrogen-bond donors (Lipinski definition) is 2. The number of benzene rings is 2. The Balaban J connectivity index is 1.90. The molecule has 29 heavy (non-hydrogen) atoms. The molecule has 0 spiro atoms. The summed E-state index contributed by atoms with van der Waals surface area (Å²) in [6, 6.07) is 12.0. The Morgan fingerprint density at radius 2 is 1.76 bits per heavy atom. The molecule has 0 aliphatic heterocycles. The summed E-state index contributed by atoms with van der Waals surface area (Å²) in [7, 11) is -2.32. The number of nitrogens with zero attached hydrogens (tertiary/aromatic N) is 1. The van der Waals surface area contributed by atoms with Crippen LogP contribution in [-0.4, -0.2) is 25.9 Å². The highest BCUT2D eigenvalue weighted by atomic mass is 35.5. The van der Waals surface area contributed by atoms with Crippen molar-refractivity contribution in [1.29, 1.82) is 0 Å². The van der Waals surface area contributed by atoms with E-state index in [0.29, 0.717) is 5.69 Å². The van der Waals surface area contributed by atoms with Crippen LogP contribution in [0.4, 0.5) is 10.1 Å². The topological polar surface area (TPSA) is 97.3 Å². The van der Waals surface area contributed by atoms with Crippen LogP contribution in [0.5, 0.6) is 0 Å². The number of anilines is 1. The molecule has 7 nitrogen and oxygen atoms in total. The maximum atomic E-state index is 13.5. The fraction of sp³-hybridized carbons (Fsp3) is 0.0526. The molecule has 1 aromatic heterocycles.